The summed E-state index contributed by atoms with van der Waals surface area (Å²) >= 11 is 0. The summed E-state index contributed by atoms with van der Waals surface area (Å²) in [5, 5.41) is 8.99. The van der Waals surface area contributed by atoms with Crippen LogP contribution in [0.15, 0.2) is 18.2 Å². The Morgan fingerprint density at radius 3 is 2.48 bits per heavy atom. The minimum Gasteiger partial charge on any atom is -0.497 e. The number of hydrogen-bond donors (Lipinski definition) is 1. The van der Waals surface area contributed by atoms with E-state index in [0.29, 0.717) is 19.4 Å². The molecule has 0 aromatic heterocycles. The van der Waals surface area contributed by atoms with E-state index in [1.165, 1.54) is 0 Å². The van der Waals surface area contributed by atoms with E-state index in [1.807, 2.05) is 18.2 Å². The second-order valence-corrected chi connectivity index (χ2v) is 5.30. The van der Waals surface area contributed by atoms with Crippen LogP contribution in [0.2, 0.25) is 0 Å². The Morgan fingerprint density at radius 1 is 1.19 bits per heavy atom. The van der Waals surface area contributed by atoms with Crippen molar-refractivity contribution < 1.29 is 24.1 Å². The molecule has 21 heavy (non-hydrogen) atoms. The summed E-state index contributed by atoms with van der Waals surface area (Å²) in [5.74, 6) is 0.637. The van der Waals surface area contributed by atoms with Gasteiger partial charge in [-0.1, -0.05) is 0 Å². The molecule has 1 fully saturated rings. The minimum absolute atomic E-state index is 0.122. The van der Waals surface area contributed by atoms with Gasteiger partial charge in [-0.2, -0.15) is 0 Å². The van der Waals surface area contributed by atoms with Crippen molar-refractivity contribution in [2.45, 2.75) is 38.4 Å². The monoisotopic (exact) mass is 294 g/mol. The van der Waals surface area contributed by atoms with Crippen LogP contribution >= 0.6 is 0 Å². The second kappa shape index (κ2) is 7.31. The molecule has 0 aliphatic heterocycles. The SMILES string of the molecule is COc1ccc(OC)c(COC2CCC(C(=O)O)CC2)c1. The van der Waals surface area contributed by atoms with Crippen molar-refractivity contribution in [1.82, 2.24) is 0 Å². The lowest BCUT2D eigenvalue weighted by atomic mass is 9.87. The lowest BCUT2D eigenvalue weighted by molar-refractivity contribution is -0.143. The Kier molecular flexibility index (Phi) is 5.44. The van der Waals surface area contributed by atoms with E-state index < -0.39 is 5.97 Å². The highest BCUT2D eigenvalue weighted by Gasteiger charge is 2.26. The molecule has 5 heteroatoms. The Hall–Kier alpha value is -1.75. The third-order valence-corrected chi connectivity index (χ3v) is 3.99. The summed E-state index contributed by atoms with van der Waals surface area (Å²) in [7, 11) is 3.25. The van der Waals surface area contributed by atoms with Gasteiger partial charge in [0.25, 0.3) is 0 Å². The maximum absolute atomic E-state index is 10.9. The van der Waals surface area contributed by atoms with Crippen molar-refractivity contribution in [1.29, 1.82) is 0 Å². The molecule has 0 saturated heterocycles. The fourth-order valence-electron chi connectivity index (χ4n) is 2.68. The van der Waals surface area contributed by atoms with Crippen molar-refractivity contribution in [2.75, 3.05) is 14.2 Å². The van der Waals surface area contributed by atoms with E-state index >= 15 is 0 Å². The fraction of sp³-hybridized carbons (Fsp3) is 0.562. The van der Waals surface area contributed by atoms with E-state index in [4.69, 9.17) is 19.3 Å². The van der Waals surface area contributed by atoms with Crippen molar-refractivity contribution in [3.8, 4) is 11.5 Å². The summed E-state index contributed by atoms with van der Waals surface area (Å²) in [5.41, 5.74) is 0.942. The van der Waals surface area contributed by atoms with E-state index in [2.05, 4.69) is 0 Å². The molecule has 0 atom stereocenters. The Balaban J connectivity index is 1.90. The van der Waals surface area contributed by atoms with Gasteiger partial charge in [-0.25, -0.2) is 0 Å². The summed E-state index contributed by atoms with van der Waals surface area (Å²) < 4.78 is 16.4. The number of carboxylic acid groups (broad SMARTS) is 1. The lowest BCUT2D eigenvalue weighted by Crippen LogP contribution is -2.26. The maximum Gasteiger partial charge on any atom is 0.306 e. The topological polar surface area (TPSA) is 65.0 Å². The molecule has 0 amide bonds. The van der Waals surface area contributed by atoms with E-state index in [9.17, 15) is 4.79 Å². The van der Waals surface area contributed by atoms with Crippen LogP contribution in [-0.4, -0.2) is 31.4 Å². The van der Waals surface area contributed by atoms with Gasteiger partial charge in [0, 0.05) is 5.56 Å². The van der Waals surface area contributed by atoms with Crippen LogP contribution in [0.25, 0.3) is 0 Å². The first kappa shape index (κ1) is 15.6. The van der Waals surface area contributed by atoms with Crippen LogP contribution in [0.3, 0.4) is 0 Å². The molecule has 0 unspecified atom stereocenters. The van der Waals surface area contributed by atoms with Gasteiger partial charge in [-0.05, 0) is 43.9 Å². The number of carbonyl (C=O) groups is 1. The molecule has 1 saturated carbocycles. The molecule has 1 aliphatic rings. The summed E-state index contributed by atoms with van der Waals surface area (Å²) in [6.07, 6.45) is 3.09. The molecular formula is C16H22O5. The first-order valence-corrected chi connectivity index (χ1v) is 7.19. The van der Waals surface area contributed by atoms with Crippen molar-refractivity contribution in [3.05, 3.63) is 23.8 Å². The third kappa shape index (κ3) is 4.11. The zero-order valence-electron chi connectivity index (χ0n) is 12.5. The Labute approximate surface area is 124 Å². The molecule has 1 N–H and O–H groups in total. The number of benzene rings is 1. The first-order chi connectivity index (χ1) is 10.1. The second-order valence-electron chi connectivity index (χ2n) is 5.30. The van der Waals surface area contributed by atoms with Crippen LogP contribution in [-0.2, 0) is 16.1 Å². The van der Waals surface area contributed by atoms with Gasteiger partial charge in [-0.15, -0.1) is 0 Å². The molecule has 0 spiro atoms. The molecule has 0 radical (unpaired) electrons. The van der Waals surface area contributed by atoms with Crippen molar-refractivity contribution in [2.24, 2.45) is 5.92 Å². The first-order valence-electron chi connectivity index (χ1n) is 7.19. The quantitative estimate of drug-likeness (QED) is 0.874. The maximum atomic E-state index is 10.9. The molecule has 2 rings (SSSR count). The zero-order valence-corrected chi connectivity index (χ0v) is 12.5. The third-order valence-electron chi connectivity index (χ3n) is 3.99. The van der Waals surface area contributed by atoms with Gasteiger partial charge in [0.15, 0.2) is 0 Å². The van der Waals surface area contributed by atoms with Crippen molar-refractivity contribution in [3.63, 3.8) is 0 Å². The molecule has 0 heterocycles. The highest BCUT2D eigenvalue weighted by atomic mass is 16.5. The number of aliphatic carboxylic acids is 1. The van der Waals surface area contributed by atoms with Gasteiger partial charge in [-0.3, -0.25) is 4.79 Å². The minimum atomic E-state index is -0.692. The average molecular weight is 294 g/mol. The normalized spacial score (nSPS) is 21.8. The Morgan fingerprint density at radius 2 is 1.90 bits per heavy atom. The number of ether oxygens (including phenoxy) is 3. The number of hydrogen-bond acceptors (Lipinski definition) is 4. The lowest BCUT2D eigenvalue weighted by Gasteiger charge is -2.26. The molecule has 0 bridgehead atoms. The number of carboxylic acids is 1. The fourth-order valence-corrected chi connectivity index (χ4v) is 2.68. The van der Waals surface area contributed by atoms with Crippen LogP contribution in [0.5, 0.6) is 11.5 Å². The Bertz CT molecular complexity index is 478. The molecule has 1 aliphatic carbocycles. The number of rotatable bonds is 6. The molecule has 116 valence electrons. The van der Waals surface area contributed by atoms with Crippen LogP contribution in [0.4, 0.5) is 0 Å². The predicted molar refractivity (Wildman–Crippen MR) is 77.7 cm³/mol. The standard InChI is InChI=1S/C16H22O5/c1-19-14-7-8-15(20-2)12(9-14)10-21-13-5-3-11(4-6-13)16(17)18/h7-9,11,13H,3-6,10H2,1-2H3,(H,17,18). The largest absolute Gasteiger partial charge is 0.497 e. The van der Waals surface area contributed by atoms with Gasteiger partial charge >= 0.3 is 5.97 Å². The zero-order chi connectivity index (χ0) is 15.2. The average Bonchev–Trinajstić information content (AvgIpc) is 2.52. The van der Waals surface area contributed by atoms with Crippen LogP contribution in [0, 0.1) is 5.92 Å². The molecule has 1 aromatic rings. The summed E-state index contributed by atoms with van der Waals surface area (Å²) in [6, 6.07) is 5.61. The van der Waals surface area contributed by atoms with Crippen molar-refractivity contribution >= 4 is 5.97 Å². The highest BCUT2D eigenvalue weighted by Crippen LogP contribution is 2.29. The van der Waals surface area contributed by atoms with E-state index in [-0.39, 0.29) is 12.0 Å². The predicted octanol–water partition coefficient (Wildman–Crippen LogP) is 2.86. The van der Waals surface area contributed by atoms with E-state index in [1.54, 1.807) is 14.2 Å². The van der Waals surface area contributed by atoms with Gasteiger partial charge < -0.3 is 19.3 Å². The molecule has 1 aromatic carbocycles. The van der Waals surface area contributed by atoms with Gasteiger partial charge in [0.05, 0.1) is 32.8 Å². The van der Waals surface area contributed by atoms with Crippen LogP contribution in [0.1, 0.15) is 31.2 Å². The molecular weight excluding hydrogens is 272 g/mol. The molecule has 5 nitrogen and oxygen atoms in total. The van der Waals surface area contributed by atoms with Gasteiger partial charge in [0.2, 0.25) is 0 Å². The summed E-state index contributed by atoms with van der Waals surface area (Å²) in [6.45, 7) is 0.447. The van der Waals surface area contributed by atoms with E-state index in [0.717, 1.165) is 29.9 Å². The smallest absolute Gasteiger partial charge is 0.306 e. The number of methoxy groups -OCH3 is 2. The van der Waals surface area contributed by atoms with Crippen LogP contribution < -0.4 is 9.47 Å². The summed E-state index contributed by atoms with van der Waals surface area (Å²) in [4.78, 5) is 10.9. The highest BCUT2D eigenvalue weighted by molar-refractivity contribution is 5.70. The van der Waals surface area contributed by atoms with Gasteiger partial charge in [0.1, 0.15) is 11.5 Å².